The van der Waals surface area contributed by atoms with Gasteiger partial charge in [0.1, 0.15) is 5.82 Å². The first-order valence-electron chi connectivity index (χ1n) is 6.97. The van der Waals surface area contributed by atoms with Crippen LogP contribution >= 0.6 is 11.8 Å². The molecule has 1 heterocycles. The molecule has 0 bridgehead atoms. The lowest BCUT2D eigenvalue weighted by Gasteiger charge is -2.22. The Kier molecular flexibility index (Phi) is 3.90. The number of rotatable bonds is 4. The van der Waals surface area contributed by atoms with Gasteiger partial charge >= 0.3 is 0 Å². The van der Waals surface area contributed by atoms with E-state index in [4.69, 9.17) is 0 Å². The highest BCUT2D eigenvalue weighted by Gasteiger charge is 2.24. The van der Waals surface area contributed by atoms with Crippen LogP contribution in [-0.4, -0.2) is 18.3 Å². The Morgan fingerprint density at radius 1 is 1.28 bits per heavy atom. The van der Waals surface area contributed by atoms with Gasteiger partial charge in [0.2, 0.25) is 0 Å². The second kappa shape index (κ2) is 5.62. The van der Waals surface area contributed by atoms with E-state index in [2.05, 4.69) is 11.4 Å². The van der Waals surface area contributed by atoms with Gasteiger partial charge in [0.05, 0.1) is 0 Å². The van der Waals surface area contributed by atoms with E-state index in [-0.39, 0.29) is 5.82 Å². The van der Waals surface area contributed by atoms with Crippen LogP contribution in [0.2, 0.25) is 0 Å². The van der Waals surface area contributed by atoms with Crippen molar-refractivity contribution in [1.29, 1.82) is 0 Å². The average Bonchev–Trinajstić information content (AvgIpc) is 3.18. The molecule has 1 nitrogen and oxygen atoms in total. The normalized spacial score (nSPS) is 24.2. The molecular formula is C15H20FNS. The first-order chi connectivity index (χ1) is 8.81. The minimum atomic E-state index is -0.0202. The summed E-state index contributed by atoms with van der Waals surface area (Å²) in [4.78, 5) is 0.836. The SMILES string of the molecule is Fc1cc(CC2CCCNC2)ccc1SC1CC1. The molecule has 2 aliphatic rings. The van der Waals surface area contributed by atoms with E-state index < -0.39 is 0 Å². The number of benzene rings is 1. The highest BCUT2D eigenvalue weighted by Crippen LogP contribution is 2.40. The van der Waals surface area contributed by atoms with Gasteiger partial charge in [-0.25, -0.2) is 4.39 Å². The Hall–Kier alpha value is -0.540. The number of nitrogens with one attached hydrogen (secondary N) is 1. The summed E-state index contributed by atoms with van der Waals surface area (Å²) in [6, 6.07) is 5.84. The van der Waals surface area contributed by atoms with Gasteiger partial charge in [-0.15, -0.1) is 11.8 Å². The monoisotopic (exact) mass is 265 g/mol. The maximum absolute atomic E-state index is 14.0. The van der Waals surface area contributed by atoms with Crippen molar-refractivity contribution in [3.8, 4) is 0 Å². The third kappa shape index (κ3) is 3.27. The molecule has 3 heteroatoms. The lowest BCUT2D eigenvalue weighted by Crippen LogP contribution is -2.30. The molecule has 1 saturated carbocycles. The predicted octanol–water partition coefficient (Wildman–Crippen LogP) is 3.62. The van der Waals surface area contributed by atoms with Gasteiger partial charge in [0.15, 0.2) is 0 Å². The molecule has 0 radical (unpaired) electrons. The average molecular weight is 265 g/mol. The highest BCUT2D eigenvalue weighted by atomic mass is 32.2. The summed E-state index contributed by atoms with van der Waals surface area (Å²) in [6.45, 7) is 2.22. The lowest BCUT2D eigenvalue weighted by atomic mass is 9.92. The van der Waals surface area contributed by atoms with E-state index in [9.17, 15) is 4.39 Å². The van der Waals surface area contributed by atoms with Crippen molar-refractivity contribution in [2.75, 3.05) is 13.1 Å². The molecule has 1 aliphatic carbocycles. The largest absolute Gasteiger partial charge is 0.316 e. The molecule has 0 spiro atoms. The molecular weight excluding hydrogens is 245 g/mol. The molecule has 1 unspecified atom stereocenters. The van der Waals surface area contributed by atoms with Gasteiger partial charge in [-0.2, -0.15) is 0 Å². The summed E-state index contributed by atoms with van der Waals surface area (Å²) in [7, 11) is 0. The van der Waals surface area contributed by atoms with Gasteiger partial charge in [-0.3, -0.25) is 0 Å². The van der Waals surface area contributed by atoms with Crippen LogP contribution in [0.25, 0.3) is 0 Å². The quantitative estimate of drug-likeness (QED) is 0.892. The molecule has 1 saturated heterocycles. The number of thioether (sulfide) groups is 1. The number of hydrogen-bond acceptors (Lipinski definition) is 2. The Balaban J connectivity index is 1.63. The molecule has 0 amide bonds. The van der Waals surface area contributed by atoms with Crippen LogP contribution in [0.1, 0.15) is 31.2 Å². The van der Waals surface area contributed by atoms with Crippen LogP contribution in [-0.2, 0) is 6.42 Å². The fraction of sp³-hybridized carbons (Fsp3) is 0.600. The van der Waals surface area contributed by atoms with E-state index in [1.54, 1.807) is 17.8 Å². The van der Waals surface area contributed by atoms with Crippen molar-refractivity contribution < 1.29 is 4.39 Å². The first-order valence-corrected chi connectivity index (χ1v) is 7.85. The predicted molar refractivity (Wildman–Crippen MR) is 74.6 cm³/mol. The summed E-state index contributed by atoms with van der Waals surface area (Å²) >= 11 is 1.70. The van der Waals surface area contributed by atoms with Crippen molar-refractivity contribution in [2.45, 2.75) is 42.2 Å². The molecule has 0 aromatic heterocycles. The fourth-order valence-electron chi connectivity index (χ4n) is 2.56. The van der Waals surface area contributed by atoms with E-state index in [1.807, 2.05) is 6.07 Å². The van der Waals surface area contributed by atoms with Crippen molar-refractivity contribution in [1.82, 2.24) is 5.32 Å². The number of hydrogen-bond donors (Lipinski definition) is 1. The molecule has 1 N–H and O–H groups in total. The maximum Gasteiger partial charge on any atom is 0.137 e. The molecule has 2 fully saturated rings. The smallest absolute Gasteiger partial charge is 0.137 e. The Morgan fingerprint density at radius 2 is 2.17 bits per heavy atom. The van der Waals surface area contributed by atoms with Crippen molar-refractivity contribution in [3.63, 3.8) is 0 Å². The number of halogens is 1. The van der Waals surface area contributed by atoms with Crippen LogP contribution in [0, 0.1) is 11.7 Å². The van der Waals surface area contributed by atoms with Crippen LogP contribution in [0.4, 0.5) is 4.39 Å². The standard InChI is InChI=1S/C15H20FNS/c16-14-9-11(8-12-2-1-7-17-10-12)3-6-15(14)18-13-4-5-13/h3,6,9,12-13,17H,1-2,4-5,7-8,10H2. The minimum absolute atomic E-state index is 0.0202. The summed E-state index contributed by atoms with van der Waals surface area (Å²) in [5, 5.41) is 4.09. The first kappa shape index (κ1) is 12.5. The Labute approximate surface area is 113 Å². The van der Waals surface area contributed by atoms with Crippen LogP contribution in [0.15, 0.2) is 23.1 Å². The maximum atomic E-state index is 14.0. The minimum Gasteiger partial charge on any atom is -0.316 e. The lowest BCUT2D eigenvalue weighted by molar-refractivity contribution is 0.375. The van der Waals surface area contributed by atoms with Gasteiger partial charge in [0.25, 0.3) is 0 Å². The van der Waals surface area contributed by atoms with Gasteiger partial charge in [0, 0.05) is 10.1 Å². The second-order valence-corrected chi connectivity index (χ2v) is 6.84. The zero-order valence-corrected chi connectivity index (χ0v) is 11.4. The zero-order chi connectivity index (χ0) is 12.4. The molecule has 1 aromatic carbocycles. The molecule has 98 valence electrons. The molecule has 1 aromatic rings. The molecule has 18 heavy (non-hydrogen) atoms. The molecule has 1 aliphatic heterocycles. The van der Waals surface area contributed by atoms with E-state index in [1.165, 1.54) is 25.7 Å². The van der Waals surface area contributed by atoms with E-state index in [0.29, 0.717) is 11.2 Å². The van der Waals surface area contributed by atoms with Crippen LogP contribution in [0.5, 0.6) is 0 Å². The summed E-state index contributed by atoms with van der Waals surface area (Å²) in [5.74, 6) is 0.660. The van der Waals surface area contributed by atoms with Crippen molar-refractivity contribution >= 4 is 11.8 Å². The summed E-state index contributed by atoms with van der Waals surface area (Å²) in [5.41, 5.74) is 1.15. The van der Waals surface area contributed by atoms with Gasteiger partial charge < -0.3 is 5.32 Å². The molecule has 3 rings (SSSR count). The van der Waals surface area contributed by atoms with E-state index in [0.717, 1.165) is 30.0 Å². The summed E-state index contributed by atoms with van der Waals surface area (Å²) < 4.78 is 14.0. The van der Waals surface area contributed by atoms with Crippen molar-refractivity contribution in [2.24, 2.45) is 5.92 Å². The fourth-order valence-corrected chi connectivity index (χ4v) is 3.61. The third-order valence-corrected chi connectivity index (χ3v) is 5.13. The highest BCUT2D eigenvalue weighted by molar-refractivity contribution is 8.00. The molecule has 1 atom stereocenters. The van der Waals surface area contributed by atoms with Gasteiger partial charge in [-0.1, -0.05) is 6.07 Å². The Bertz CT molecular complexity index is 411. The summed E-state index contributed by atoms with van der Waals surface area (Å²) in [6.07, 6.45) is 6.04. The van der Waals surface area contributed by atoms with Gasteiger partial charge in [-0.05, 0) is 68.8 Å². The third-order valence-electron chi connectivity index (χ3n) is 3.74. The van der Waals surface area contributed by atoms with Crippen molar-refractivity contribution in [3.05, 3.63) is 29.6 Å². The van der Waals surface area contributed by atoms with E-state index >= 15 is 0 Å². The zero-order valence-electron chi connectivity index (χ0n) is 10.6. The number of piperidine rings is 1. The van der Waals surface area contributed by atoms with Crippen LogP contribution in [0.3, 0.4) is 0 Å². The topological polar surface area (TPSA) is 12.0 Å². The van der Waals surface area contributed by atoms with Crippen LogP contribution < -0.4 is 5.32 Å². The second-order valence-electron chi connectivity index (χ2n) is 5.50. The Morgan fingerprint density at radius 3 is 2.83 bits per heavy atom.